The second-order valence-corrected chi connectivity index (χ2v) is 8.88. The molecule has 1 saturated heterocycles. The molecule has 2 unspecified atom stereocenters. The van der Waals surface area contributed by atoms with Gasteiger partial charge in [-0.1, -0.05) is 24.1 Å². The summed E-state index contributed by atoms with van der Waals surface area (Å²) in [6, 6.07) is 0. The number of ether oxygens (including phenoxy) is 1. The minimum Gasteiger partial charge on any atom is -0.357 e. The number of Topliss-reactive ketones (excluding diaryl/α,β-unsaturated/α-hetero) is 1. The van der Waals surface area contributed by atoms with Crippen LogP contribution < -0.4 is 0 Å². The van der Waals surface area contributed by atoms with Gasteiger partial charge in [0, 0.05) is 12.0 Å². The SMILES string of the molecule is C[C@]12CC[C@H]3[C@@H](CCC45OC4C(=O)CC[C@H]35)[C@@H]1CC/C2=C\Cl. The Morgan fingerprint density at radius 3 is 2.64 bits per heavy atom. The molecule has 2 nitrogen and oxygen atoms in total. The average molecular weight is 321 g/mol. The lowest BCUT2D eigenvalue weighted by Crippen LogP contribution is -2.51. The Hall–Kier alpha value is -0.340. The summed E-state index contributed by atoms with van der Waals surface area (Å²) in [5, 5.41) is 0. The Balaban J connectivity index is 1.46. The second kappa shape index (κ2) is 4.39. The molecule has 5 rings (SSSR count). The zero-order valence-electron chi connectivity index (χ0n) is 13.3. The monoisotopic (exact) mass is 320 g/mol. The normalized spacial score (nSPS) is 57.8. The number of hydrogen-bond acceptors (Lipinski definition) is 2. The van der Waals surface area contributed by atoms with Gasteiger partial charge in [-0.3, -0.25) is 4.79 Å². The van der Waals surface area contributed by atoms with Crippen molar-refractivity contribution in [3.8, 4) is 0 Å². The molecule has 0 bridgehead atoms. The van der Waals surface area contributed by atoms with Crippen molar-refractivity contribution in [3.05, 3.63) is 11.1 Å². The molecule has 1 heterocycles. The van der Waals surface area contributed by atoms with Gasteiger partial charge in [-0.25, -0.2) is 0 Å². The zero-order valence-corrected chi connectivity index (χ0v) is 14.1. The second-order valence-electron chi connectivity index (χ2n) is 8.67. The standard InChI is InChI=1S/C19H25ClO2/c1-18-8-6-13-12(14(18)3-2-11(18)10-20)7-9-19-15(13)4-5-16(21)17(19)22-19/h10,12-15,17H,2-9H2,1H3/b11-10+/t12-,13+,14+,15-,17?,18-,19?/m1/s1. The van der Waals surface area contributed by atoms with Crippen LogP contribution in [0.3, 0.4) is 0 Å². The van der Waals surface area contributed by atoms with Crippen LogP contribution in [0.15, 0.2) is 11.1 Å². The van der Waals surface area contributed by atoms with Crippen molar-refractivity contribution in [2.24, 2.45) is 29.1 Å². The molecule has 5 aliphatic rings. The Labute approximate surface area is 137 Å². The van der Waals surface area contributed by atoms with Crippen LogP contribution in [0.2, 0.25) is 0 Å². The molecule has 0 aromatic rings. The predicted molar refractivity (Wildman–Crippen MR) is 85.6 cm³/mol. The fourth-order valence-corrected chi connectivity index (χ4v) is 7.44. The van der Waals surface area contributed by atoms with Crippen molar-refractivity contribution < 1.29 is 9.53 Å². The molecule has 5 fully saturated rings. The minimum absolute atomic E-state index is 0.0198. The highest BCUT2D eigenvalue weighted by molar-refractivity contribution is 6.25. The molecule has 4 aliphatic carbocycles. The van der Waals surface area contributed by atoms with Crippen molar-refractivity contribution in [3.63, 3.8) is 0 Å². The Morgan fingerprint density at radius 1 is 1.09 bits per heavy atom. The van der Waals surface area contributed by atoms with Crippen LogP contribution >= 0.6 is 11.6 Å². The predicted octanol–water partition coefficient (Wildman–Crippen LogP) is 4.46. The number of carbonyl (C=O) groups is 1. The van der Waals surface area contributed by atoms with Gasteiger partial charge in [-0.05, 0) is 74.0 Å². The van der Waals surface area contributed by atoms with Gasteiger partial charge < -0.3 is 4.74 Å². The average Bonchev–Trinajstić information content (AvgIpc) is 3.15. The molecule has 22 heavy (non-hydrogen) atoms. The van der Waals surface area contributed by atoms with E-state index in [1.54, 1.807) is 0 Å². The summed E-state index contributed by atoms with van der Waals surface area (Å²) in [6.07, 6.45) is 9.31. The summed E-state index contributed by atoms with van der Waals surface area (Å²) in [7, 11) is 0. The van der Waals surface area contributed by atoms with Gasteiger partial charge in [-0.15, -0.1) is 0 Å². The molecule has 1 spiro atoms. The first-order valence-electron chi connectivity index (χ1n) is 9.10. The van der Waals surface area contributed by atoms with Crippen LogP contribution in [-0.2, 0) is 9.53 Å². The molecule has 1 aliphatic heterocycles. The molecule has 3 heteroatoms. The van der Waals surface area contributed by atoms with E-state index in [4.69, 9.17) is 16.3 Å². The molecular formula is C19H25ClO2. The summed E-state index contributed by atoms with van der Waals surface area (Å²) in [6.45, 7) is 2.46. The lowest BCUT2D eigenvalue weighted by Gasteiger charge is -2.54. The Kier molecular flexibility index (Phi) is 2.80. The van der Waals surface area contributed by atoms with Crippen LogP contribution in [-0.4, -0.2) is 17.5 Å². The summed E-state index contributed by atoms with van der Waals surface area (Å²) in [5.74, 6) is 3.47. The maximum Gasteiger partial charge on any atom is 0.164 e. The lowest BCUT2D eigenvalue weighted by atomic mass is 9.50. The van der Waals surface area contributed by atoms with Crippen molar-refractivity contribution in [2.45, 2.75) is 70.0 Å². The first kappa shape index (κ1) is 14.0. The first-order valence-corrected chi connectivity index (χ1v) is 9.54. The zero-order chi connectivity index (χ0) is 15.1. The van der Waals surface area contributed by atoms with Crippen LogP contribution in [0, 0.1) is 29.1 Å². The molecule has 120 valence electrons. The van der Waals surface area contributed by atoms with Crippen molar-refractivity contribution in [2.75, 3.05) is 0 Å². The van der Waals surface area contributed by atoms with Gasteiger partial charge >= 0.3 is 0 Å². The van der Waals surface area contributed by atoms with E-state index in [-0.39, 0.29) is 11.7 Å². The first-order chi connectivity index (χ1) is 10.6. The minimum atomic E-state index is -0.0256. The van der Waals surface area contributed by atoms with Crippen LogP contribution in [0.5, 0.6) is 0 Å². The van der Waals surface area contributed by atoms with E-state index < -0.39 is 0 Å². The number of hydrogen-bond donors (Lipinski definition) is 0. The third-order valence-corrected chi connectivity index (χ3v) is 8.47. The van der Waals surface area contributed by atoms with E-state index in [0.29, 0.717) is 17.1 Å². The number of carbonyl (C=O) groups excluding carboxylic acids is 1. The maximum atomic E-state index is 12.0. The number of rotatable bonds is 0. The van der Waals surface area contributed by atoms with Crippen LogP contribution in [0.25, 0.3) is 0 Å². The molecule has 0 aromatic heterocycles. The third-order valence-electron chi connectivity index (χ3n) is 8.20. The number of ketones is 1. The van der Waals surface area contributed by atoms with Crippen molar-refractivity contribution in [1.29, 1.82) is 0 Å². The van der Waals surface area contributed by atoms with Crippen molar-refractivity contribution >= 4 is 17.4 Å². The molecule has 0 N–H and O–H groups in total. The molecule has 4 saturated carbocycles. The largest absolute Gasteiger partial charge is 0.357 e. The van der Waals surface area contributed by atoms with Crippen LogP contribution in [0.4, 0.5) is 0 Å². The molecular weight excluding hydrogens is 296 g/mol. The van der Waals surface area contributed by atoms with Gasteiger partial charge in [0.05, 0.1) is 0 Å². The van der Waals surface area contributed by atoms with Gasteiger partial charge in [0.25, 0.3) is 0 Å². The summed E-state index contributed by atoms with van der Waals surface area (Å²) >= 11 is 6.13. The molecule has 0 radical (unpaired) electrons. The highest BCUT2D eigenvalue weighted by Crippen LogP contribution is 2.68. The van der Waals surface area contributed by atoms with E-state index in [1.807, 2.05) is 5.54 Å². The van der Waals surface area contributed by atoms with Gasteiger partial charge in [-0.2, -0.15) is 0 Å². The lowest BCUT2D eigenvalue weighted by molar-refractivity contribution is -0.122. The van der Waals surface area contributed by atoms with Gasteiger partial charge in [0.2, 0.25) is 0 Å². The summed E-state index contributed by atoms with van der Waals surface area (Å²) in [5.41, 5.74) is 3.71. The quantitative estimate of drug-likeness (QED) is 0.617. The molecule has 0 aromatic carbocycles. The van der Waals surface area contributed by atoms with Crippen LogP contribution in [0.1, 0.15) is 58.3 Å². The summed E-state index contributed by atoms with van der Waals surface area (Å²) in [4.78, 5) is 12.0. The summed E-state index contributed by atoms with van der Waals surface area (Å²) < 4.78 is 6.03. The highest BCUT2D eigenvalue weighted by Gasteiger charge is 2.71. The number of allylic oxidation sites excluding steroid dienone is 1. The maximum absolute atomic E-state index is 12.0. The smallest absolute Gasteiger partial charge is 0.164 e. The highest BCUT2D eigenvalue weighted by atomic mass is 35.5. The third kappa shape index (κ3) is 1.54. The molecule has 7 atom stereocenters. The van der Waals surface area contributed by atoms with Crippen molar-refractivity contribution in [1.82, 2.24) is 0 Å². The number of fused-ring (bicyclic) bond motifs is 4. The molecule has 0 amide bonds. The van der Waals surface area contributed by atoms with Gasteiger partial charge in [0.1, 0.15) is 11.7 Å². The van der Waals surface area contributed by atoms with E-state index in [2.05, 4.69) is 6.92 Å². The van der Waals surface area contributed by atoms with Gasteiger partial charge in [0.15, 0.2) is 5.78 Å². The van der Waals surface area contributed by atoms with E-state index >= 15 is 0 Å². The van der Waals surface area contributed by atoms with E-state index in [9.17, 15) is 4.79 Å². The number of halogens is 1. The van der Waals surface area contributed by atoms with E-state index in [1.165, 1.54) is 37.7 Å². The topological polar surface area (TPSA) is 29.6 Å². The Bertz CT molecular complexity index is 570. The fourth-order valence-electron chi connectivity index (χ4n) is 7.08. The van der Waals surface area contributed by atoms with E-state index in [0.717, 1.165) is 37.0 Å². The number of epoxide rings is 1. The Morgan fingerprint density at radius 2 is 1.82 bits per heavy atom. The fraction of sp³-hybridized carbons (Fsp3) is 0.842.